The number of carbonyl (C=O) groups is 1. The number of nitrogens with one attached hydrogen (secondary N) is 1. The van der Waals surface area contributed by atoms with E-state index in [1.54, 1.807) is 29.9 Å². The number of hydrogen-bond donors (Lipinski definition) is 1. The van der Waals surface area contributed by atoms with Crippen LogP contribution in [0.5, 0.6) is 5.75 Å². The molecule has 1 atom stereocenters. The van der Waals surface area contributed by atoms with Gasteiger partial charge >= 0.3 is 0 Å². The highest BCUT2D eigenvalue weighted by atomic mass is 19.1. The van der Waals surface area contributed by atoms with Crippen LogP contribution < -0.4 is 10.1 Å². The standard InChI is InChI=1S/C15H18FN3O2/c1-3-19-10-12(9-18-19)15(20)17-8-11(2)21-14-6-4-5-13(16)7-14/h4-7,9-11H,3,8H2,1-2H3,(H,17,20)/t11-/m0/s1. The summed E-state index contributed by atoms with van der Waals surface area (Å²) in [6, 6.07) is 5.91. The SMILES string of the molecule is CCn1cc(C(=O)NC[C@H](C)Oc2cccc(F)c2)cn1. The number of amides is 1. The summed E-state index contributed by atoms with van der Waals surface area (Å²) in [5.74, 6) is -0.115. The molecule has 0 radical (unpaired) electrons. The Hall–Kier alpha value is -2.37. The molecule has 0 bridgehead atoms. The molecule has 0 unspecified atom stereocenters. The van der Waals surface area contributed by atoms with Crippen molar-refractivity contribution in [1.82, 2.24) is 15.1 Å². The minimum atomic E-state index is -0.351. The van der Waals surface area contributed by atoms with Crippen molar-refractivity contribution in [2.75, 3.05) is 6.54 Å². The number of carbonyl (C=O) groups excluding carboxylic acids is 1. The van der Waals surface area contributed by atoms with E-state index in [0.29, 0.717) is 24.4 Å². The molecule has 0 aliphatic heterocycles. The summed E-state index contributed by atoms with van der Waals surface area (Å²) >= 11 is 0. The molecule has 1 amide bonds. The number of benzene rings is 1. The summed E-state index contributed by atoms with van der Waals surface area (Å²) in [6.45, 7) is 4.79. The summed E-state index contributed by atoms with van der Waals surface area (Å²) in [4.78, 5) is 11.9. The van der Waals surface area contributed by atoms with Crippen LogP contribution in [0.25, 0.3) is 0 Å². The maximum atomic E-state index is 13.0. The lowest BCUT2D eigenvalue weighted by atomic mass is 10.3. The lowest BCUT2D eigenvalue weighted by Gasteiger charge is -2.15. The maximum Gasteiger partial charge on any atom is 0.254 e. The normalized spacial score (nSPS) is 12.0. The maximum absolute atomic E-state index is 13.0. The fourth-order valence-electron chi connectivity index (χ4n) is 1.81. The molecule has 0 aliphatic carbocycles. The molecule has 2 rings (SSSR count). The van der Waals surface area contributed by atoms with Gasteiger partial charge in [0.15, 0.2) is 0 Å². The number of halogens is 1. The predicted octanol–water partition coefficient (Wildman–Crippen LogP) is 2.24. The van der Waals surface area contributed by atoms with Gasteiger partial charge in [0.1, 0.15) is 17.7 Å². The molecule has 1 aromatic carbocycles. The summed E-state index contributed by atoms with van der Waals surface area (Å²) in [5.41, 5.74) is 0.509. The van der Waals surface area contributed by atoms with E-state index in [2.05, 4.69) is 10.4 Å². The molecule has 1 N–H and O–H groups in total. The third kappa shape index (κ3) is 4.30. The molecule has 0 fully saturated rings. The quantitative estimate of drug-likeness (QED) is 0.888. The molecule has 21 heavy (non-hydrogen) atoms. The molecular formula is C15H18FN3O2. The van der Waals surface area contributed by atoms with Crippen molar-refractivity contribution < 1.29 is 13.9 Å². The minimum absolute atomic E-state index is 0.204. The van der Waals surface area contributed by atoms with Crippen molar-refractivity contribution in [2.24, 2.45) is 0 Å². The van der Waals surface area contributed by atoms with Crippen LogP contribution in [0.4, 0.5) is 4.39 Å². The molecule has 0 aliphatic rings. The highest BCUT2D eigenvalue weighted by Gasteiger charge is 2.11. The summed E-state index contributed by atoms with van der Waals surface area (Å²) in [6.07, 6.45) is 2.95. The van der Waals surface area contributed by atoms with Crippen molar-refractivity contribution in [1.29, 1.82) is 0 Å². The Balaban J connectivity index is 1.83. The molecule has 6 heteroatoms. The largest absolute Gasteiger partial charge is 0.489 e. The molecule has 5 nitrogen and oxygen atoms in total. The third-order valence-corrected chi connectivity index (χ3v) is 2.90. The monoisotopic (exact) mass is 291 g/mol. The number of ether oxygens (including phenoxy) is 1. The first-order valence-electron chi connectivity index (χ1n) is 6.81. The van der Waals surface area contributed by atoms with Gasteiger partial charge in [0, 0.05) is 18.8 Å². The Morgan fingerprint density at radius 2 is 2.33 bits per heavy atom. The first-order valence-corrected chi connectivity index (χ1v) is 6.81. The average Bonchev–Trinajstić information content (AvgIpc) is 2.94. The molecule has 0 saturated heterocycles. The lowest BCUT2D eigenvalue weighted by Crippen LogP contribution is -2.33. The van der Waals surface area contributed by atoms with Crippen molar-refractivity contribution in [2.45, 2.75) is 26.5 Å². The molecule has 112 valence electrons. The van der Waals surface area contributed by atoms with Gasteiger partial charge in [-0.1, -0.05) is 6.07 Å². The fourth-order valence-corrected chi connectivity index (χ4v) is 1.81. The van der Waals surface area contributed by atoms with E-state index in [0.717, 1.165) is 0 Å². The summed E-state index contributed by atoms with van der Waals surface area (Å²) in [7, 11) is 0. The molecular weight excluding hydrogens is 273 g/mol. The number of nitrogens with zero attached hydrogens (tertiary/aromatic N) is 2. The Labute approximate surface area is 122 Å². The van der Waals surface area contributed by atoms with Crippen LogP contribution in [0, 0.1) is 5.82 Å². The predicted molar refractivity (Wildman–Crippen MR) is 76.7 cm³/mol. The first-order chi connectivity index (χ1) is 10.1. The summed E-state index contributed by atoms with van der Waals surface area (Å²) < 4.78 is 20.2. The van der Waals surface area contributed by atoms with Crippen LogP contribution in [-0.4, -0.2) is 28.3 Å². The molecule has 1 heterocycles. The second-order valence-corrected chi connectivity index (χ2v) is 4.68. The highest BCUT2D eigenvalue weighted by molar-refractivity contribution is 5.93. The van der Waals surface area contributed by atoms with E-state index < -0.39 is 0 Å². The van der Waals surface area contributed by atoms with Gasteiger partial charge in [-0.3, -0.25) is 9.48 Å². The van der Waals surface area contributed by atoms with Gasteiger partial charge in [-0.15, -0.1) is 0 Å². The zero-order valence-corrected chi connectivity index (χ0v) is 12.0. The van der Waals surface area contributed by atoms with Gasteiger partial charge in [0.05, 0.1) is 18.3 Å². The van der Waals surface area contributed by atoms with Gasteiger partial charge in [0.25, 0.3) is 5.91 Å². The number of rotatable bonds is 6. The van der Waals surface area contributed by atoms with Gasteiger partial charge in [0.2, 0.25) is 0 Å². The molecule has 0 saturated carbocycles. The Morgan fingerprint density at radius 1 is 1.52 bits per heavy atom. The van der Waals surface area contributed by atoms with Crippen LogP contribution in [0.1, 0.15) is 24.2 Å². The molecule has 1 aromatic heterocycles. The third-order valence-electron chi connectivity index (χ3n) is 2.90. The van der Waals surface area contributed by atoms with E-state index in [4.69, 9.17) is 4.74 Å². The second kappa shape index (κ2) is 6.88. The van der Waals surface area contributed by atoms with Crippen LogP contribution >= 0.6 is 0 Å². The van der Waals surface area contributed by atoms with Crippen LogP contribution in [0.15, 0.2) is 36.7 Å². The zero-order valence-electron chi connectivity index (χ0n) is 12.0. The van der Waals surface area contributed by atoms with E-state index in [-0.39, 0.29) is 17.8 Å². The Bertz CT molecular complexity index is 612. The number of aromatic nitrogens is 2. The first kappa shape index (κ1) is 15.0. The van der Waals surface area contributed by atoms with Gasteiger partial charge in [-0.2, -0.15) is 5.10 Å². The van der Waals surface area contributed by atoms with Crippen LogP contribution in [0.3, 0.4) is 0 Å². The van der Waals surface area contributed by atoms with Gasteiger partial charge < -0.3 is 10.1 Å². The number of hydrogen-bond acceptors (Lipinski definition) is 3. The molecule has 0 spiro atoms. The van der Waals surface area contributed by atoms with Gasteiger partial charge in [-0.05, 0) is 26.0 Å². The van der Waals surface area contributed by atoms with E-state index in [1.807, 2.05) is 6.92 Å². The Morgan fingerprint density at radius 3 is 3.00 bits per heavy atom. The Kier molecular flexibility index (Phi) is 4.92. The van der Waals surface area contributed by atoms with E-state index >= 15 is 0 Å². The van der Waals surface area contributed by atoms with Crippen molar-refractivity contribution in [3.8, 4) is 5.75 Å². The van der Waals surface area contributed by atoms with Crippen molar-refractivity contribution >= 4 is 5.91 Å². The lowest BCUT2D eigenvalue weighted by molar-refractivity contribution is 0.0932. The smallest absolute Gasteiger partial charge is 0.254 e. The van der Waals surface area contributed by atoms with E-state index in [9.17, 15) is 9.18 Å². The topological polar surface area (TPSA) is 56.2 Å². The number of aryl methyl sites for hydroxylation is 1. The van der Waals surface area contributed by atoms with Crippen molar-refractivity contribution in [3.63, 3.8) is 0 Å². The van der Waals surface area contributed by atoms with Crippen LogP contribution in [0.2, 0.25) is 0 Å². The van der Waals surface area contributed by atoms with E-state index in [1.165, 1.54) is 18.3 Å². The minimum Gasteiger partial charge on any atom is -0.489 e. The zero-order chi connectivity index (χ0) is 15.2. The average molecular weight is 291 g/mol. The fraction of sp³-hybridized carbons (Fsp3) is 0.333. The van der Waals surface area contributed by atoms with Crippen molar-refractivity contribution in [3.05, 3.63) is 48.0 Å². The van der Waals surface area contributed by atoms with Gasteiger partial charge in [-0.25, -0.2) is 4.39 Å². The summed E-state index contributed by atoms with van der Waals surface area (Å²) in [5, 5.41) is 6.80. The second-order valence-electron chi connectivity index (χ2n) is 4.68. The molecule has 2 aromatic rings. The highest BCUT2D eigenvalue weighted by Crippen LogP contribution is 2.13. The van der Waals surface area contributed by atoms with Crippen LogP contribution in [-0.2, 0) is 6.54 Å².